The average molecular weight is 659 g/mol. The van der Waals surface area contributed by atoms with Crippen LogP contribution in [0.5, 0.6) is 5.75 Å². The molecule has 1 spiro atoms. The molecule has 0 saturated carbocycles. The van der Waals surface area contributed by atoms with Gasteiger partial charge in [-0.2, -0.15) is 0 Å². The van der Waals surface area contributed by atoms with Crippen molar-refractivity contribution in [2.75, 3.05) is 5.32 Å². The molecule has 2 aromatic carbocycles. The Bertz CT molecular complexity index is 1980. The maximum Gasteiger partial charge on any atom is 0.270 e. The Labute approximate surface area is 274 Å². The summed E-state index contributed by atoms with van der Waals surface area (Å²) in [4.78, 5) is 48.3. The molecule has 4 bridgehead atoms. The molecule has 0 saturated heterocycles. The van der Waals surface area contributed by atoms with Crippen molar-refractivity contribution < 1.29 is 37.5 Å². The van der Waals surface area contributed by atoms with Crippen molar-refractivity contribution in [3.63, 3.8) is 0 Å². The van der Waals surface area contributed by atoms with Crippen LogP contribution in [0.2, 0.25) is 0 Å². The maximum atomic E-state index is 15.1. The zero-order valence-corrected chi connectivity index (χ0v) is 26.9. The van der Waals surface area contributed by atoms with E-state index in [1.807, 2.05) is 26.8 Å². The van der Waals surface area contributed by atoms with Crippen LogP contribution in [0.4, 0.5) is 10.1 Å². The van der Waals surface area contributed by atoms with Gasteiger partial charge in [-0.25, -0.2) is 14.4 Å². The van der Waals surface area contributed by atoms with Crippen molar-refractivity contribution in [3.05, 3.63) is 82.5 Å². The Balaban J connectivity index is 1.51. The molecule has 3 aliphatic rings. The number of rotatable bonds is 5. The lowest BCUT2D eigenvalue weighted by Gasteiger charge is -2.32. The lowest BCUT2D eigenvalue weighted by Crippen LogP contribution is -2.53. The molecule has 0 unspecified atom stereocenters. The van der Waals surface area contributed by atoms with Crippen LogP contribution in [-0.4, -0.2) is 51.2 Å². The molecule has 0 fully saturated rings. The van der Waals surface area contributed by atoms with E-state index >= 15 is 4.39 Å². The zero-order chi connectivity index (χ0) is 34.3. The van der Waals surface area contributed by atoms with Crippen molar-refractivity contribution in [2.24, 2.45) is 17.1 Å². The van der Waals surface area contributed by atoms with Crippen LogP contribution < -0.4 is 26.4 Å². The first-order valence-corrected chi connectivity index (χ1v) is 15.6. The highest BCUT2D eigenvalue weighted by Gasteiger charge is 2.61. The van der Waals surface area contributed by atoms with Gasteiger partial charge in [0.25, 0.3) is 5.91 Å². The number of fused-ring (bicyclic) bond motifs is 4. The fourth-order valence-corrected chi connectivity index (χ4v) is 6.63. The molecule has 14 heteroatoms. The SMILES string of the molecule is CC(C)[C@H](O)C(=O)N[C@H]1Cc2ccc3c(c2)[C@@]2(c4cc(F)ccc4N[C@@H]2O3)c2oc(nc2-c2nc(C(N)=O)co2)[C@H](C(C)(C)C)NC1=O. The number of oxazole rings is 2. The number of hydrogen-bond donors (Lipinski definition) is 5. The number of primary amides is 1. The summed E-state index contributed by atoms with van der Waals surface area (Å²) in [7, 11) is 0. The fourth-order valence-electron chi connectivity index (χ4n) is 6.63. The maximum absolute atomic E-state index is 15.1. The number of carbonyl (C=O) groups is 3. The Hall–Kier alpha value is -5.24. The van der Waals surface area contributed by atoms with Gasteiger partial charge in [-0.15, -0.1) is 0 Å². The summed E-state index contributed by atoms with van der Waals surface area (Å²) in [6.07, 6.45) is -1.02. The van der Waals surface area contributed by atoms with Crippen LogP contribution in [0, 0.1) is 17.2 Å². The largest absolute Gasteiger partial charge is 0.469 e. The second-order valence-corrected chi connectivity index (χ2v) is 13.9. The molecular weight excluding hydrogens is 623 g/mol. The molecule has 5 atom stereocenters. The van der Waals surface area contributed by atoms with Gasteiger partial charge < -0.3 is 40.4 Å². The lowest BCUT2D eigenvalue weighted by molar-refractivity contribution is -0.136. The van der Waals surface area contributed by atoms with Gasteiger partial charge in [0.15, 0.2) is 23.4 Å². The van der Waals surface area contributed by atoms with E-state index in [2.05, 4.69) is 20.9 Å². The number of aliphatic hydroxyl groups is 1. The van der Waals surface area contributed by atoms with Crippen molar-refractivity contribution in [1.29, 1.82) is 0 Å². The molecule has 48 heavy (non-hydrogen) atoms. The first-order valence-electron chi connectivity index (χ1n) is 15.6. The highest BCUT2D eigenvalue weighted by atomic mass is 19.1. The molecule has 5 heterocycles. The summed E-state index contributed by atoms with van der Waals surface area (Å²) >= 11 is 0. The number of carbonyl (C=O) groups excluding carboxylic acids is 3. The minimum absolute atomic E-state index is 0.0532. The number of aliphatic hydroxyl groups excluding tert-OH is 1. The number of amides is 3. The van der Waals surface area contributed by atoms with Gasteiger partial charge >= 0.3 is 0 Å². The van der Waals surface area contributed by atoms with Gasteiger partial charge in [-0.1, -0.05) is 46.8 Å². The van der Waals surface area contributed by atoms with Crippen molar-refractivity contribution in [2.45, 2.75) is 70.9 Å². The van der Waals surface area contributed by atoms with Gasteiger partial charge in [0, 0.05) is 23.2 Å². The van der Waals surface area contributed by atoms with Crippen LogP contribution in [0.25, 0.3) is 11.6 Å². The van der Waals surface area contributed by atoms with E-state index in [9.17, 15) is 19.5 Å². The molecule has 13 nitrogen and oxygen atoms in total. The number of nitrogens with two attached hydrogens (primary N) is 1. The summed E-state index contributed by atoms with van der Waals surface area (Å²) < 4.78 is 34.0. The Morgan fingerprint density at radius 1 is 1.12 bits per heavy atom. The number of nitrogens with one attached hydrogen (secondary N) is 3. The predicted octanol–water partition coefficient (Wildman–Crippen LogP) is 3.31. The lowest BCUT2D eigenvalue weighted by atomic mass is 9.72. The molecule has 0 radical (unpaired) electrons. The highest BCUT2D eigenvalue weighted by molar-refractivity contribution is 5.91. The number of ether oxygens (including phenoxy) is 1. The van der Waals surface area contributed by atoms with Crippen LogP contribution in [-0.2, 0) is 21.4 Å². The smallest absolute Gasteiger partial charge is 0.270 e. The van der Waals surface area contributed by atoms with E-state index in [0.29, 0.717) is 28.1 Å². The number of aromatic nitrogens is 2. The minimum Gasteiger partial charge on any atom is -0.469 e. The van der Waals surface area contributed by atoms with E-state index < -0.39 is 58.8 Å². The van der Waals surface area contributed by atoms with Crippen molar-refractivity contribution in [3.8, 4) is 17.3 Å². The first-order chi connectivity index (χ1) is 22.7. The second-order valence-electron chi connectivity index (χ2n) is 13.9. The predicted molar refractivity (Wildman–Crippen MR) is 168 cm³/mol. The summed E-state index contributed by atoms with van der Waals surface area (Å²) in [5.74, 6) is -2.30. The number of hydrogen-bond acceptors (Lipinski definition) is 10. The Morgan fingerprint density at radius 3 is 2.58 bits per heavy atom. The van der Waals surface area contributed by atoms with Crippen molar-refractivity contribution in [1.82, 2.24) is 20.6 Å². The molecule has 3 aliphatic heterocycles. The first kappa shape index (κ1) is 31.4. The van der Waals surface area contributed by atoms with Crippen LogP contribution in [0.3, 0.4) is 0 Å². The second kappa shape index (κ2) is 10.9. The minimum atomic E-state index is -1.36. The summed E-state index contributed by atoms with van der Waals surface area (Å²) in [5, 5.41) is 19.6. The Kier molecular flexibility index (Phi) is 7.13. The van der Waals surface area contributed by atoms with E-state index in [1.165, 1.54) is 12.1 Å². The van der Waals surface area contributed by atoms with E-state index in [4.69, 9.17) is 24.3 Å². The highest BCUT2D eigenvalue weighted by Crippen LogP contribution is 2.59. The number of halogens is 1. The molecular formula is C34H35FN6O7. The van der Waals surface area contributed by atoms with Crippen LogP contribution in [0.15, 0.2) is 51.5 Å². The Morgan fingerprint density at radius 2 is 1.90 bits per heavy atom. The molecule has 7 rings (SSSR count). The molecule has 4 aromatic rings. The summed E-state index contributed by atoms with van der Waals surface area (Å²) in [5.41, 5.74) is 5.68. The number of nitrogens with zero attached hydrogens (tertiary/aromatic N) is 2. The van der Waals surface area contributed by atoms with E-state index in [0.717, 1.165) is 6.26 Å². The third-order valence-electron chi connectivity index (χ3n) is 9.13. The zero-order valence-electron chi connectivity index (χ0n) is 26.9. The average Bonchev–Trinajstić information content (AvgIpc) is 3.79. The standard InChI is InChI=1S/C34H35FN6O7/c1-14(2)24(42)29(45)37-20-11-15-6-9-22-18(10-15)34(17-12-16(35)7-8-19(17)39-32(34)47-22)26-23(30-38-21(13-46-30)27(36)43)40-31(48-26)25(33(3,4)5)41-28(20)44/h6-10,12-14,20,24-25,32,39,42H,11H2,1-5H3,(H2,36,43)(H,37,45)(H,41,44)/t20-,24-,25+,32+,34-/m0/s1. The summed E-state index contributed by atoms with van der Waals surface area (Å²) in [6, 6.07) is 7.69. The molecule has 3 amide bonds. The molecule has 6 N–H and O–H groups in total. The third-order valence-corrected chi connectivity index (χ3v) is 9.13. The molecule has 2 aromatic heterocycles. The molecule has 250 valence electrons. The fraction of sp³-hybridized carbons (Fsp3) is 0.382. The molecule has 0 aliphatic carbocycles. The number of benzene rings is 2. The van der Waals surface area contributed by atoms with E-state index in [-0.39, 0.29) is 41.3 Å². The van der Waals surface area contributed by atoms with E-state index in [1.54, 1.807) is 32.0 Å². The van der Waals surface area contributed by atoms with Gasteiger partial charge in [0.05, 0.1) is 0 Å². The van der Waals surface area contributed by atoms with Gasteiger partial charge in [-0.3, -0.25) is 14.4 Å². The topological polar surface area (TPSA) is 195 Å². The van der Waals surface area contributed by atoms with Gasteiger partial charge in [0.1, 0.15) is 41.4 Å². The normalized spacial score (nSPS) is 23.2. The van der Waals surface area contributed by atoms with Gasteiger partial charge in [-0.05, 0) is 41.2 Å². The number of anilines is 1. The van der Waals surface area contributed by atoms with Crippen LogP contribution >= 0.6 is 0 Å². The summed E-state index contributed by atoms with van der Waals surface area (Å²) in [6.45, 7) is 9.03. The quantitative estimate of drug-likeness (QED) is 0.212. The third kappa shape index (κ3) is 4.81. The van der Waals surface area contributed by atoms with Gasteiger partial charge in [0.2, 0.25) is 23.6 Å². The van der Waals surface area contributed by atoms with Crippen LogP contribution in [0.1, 0.15) is 79.5 Å². The monoisotopic (exact) mass is 658 g/mol. The van der Waals surface area contributed by atoms with Crippen molar-refractivity contribution >= 4 is 23.4 Å².